The van der Waals surface area contributed by atoms with Crippen LogP contribution >= 0.6 is 0 Å². The van der Waals surface area contributed by atoms with Crippen LogP contribution in [0.15, 0.2) is 18.6 Å². The van der Waals surface area contributed by atoms with Crippen molar-refractivity contribution in [2.24, 2.45) is 7.05 Å². The number of anilines is 1. The van der Waals surface area contributed by atoms with Crippen LogP contribution in [0.5, 0.6) is 0 Å². The van der Waals surface area contributed by atoms with E-state index < -0.39 is 11.7 Å². The quantitative estimate of drug-likeness (QED) is 0.830. The summed E-state index contributed by atoms with van der Waals surface area (Å²) in [5.74, 6) is -0.733. The molecule has 0 fully saturated rings. The Labute approximate surface area is 108 Å². The van der Waals surface area contributed by atoms with Crippen LogP contribution in [-0.4, -0.2) is 32.7 Å². The minimum atomic E-state index is -0.684. The van der Waals surface area contributed by atoms with Gasteiger partial charge in [0.25, 0.3) is 5.91 Å². The molecule has 0 radical (unpaired) electrons. The lowest BCUT2D eigenvalue weighted by atomic mass is 10.2. The van der Waals surface area contributed by atoms with Crippen LogP contribution in [0.25, 0.3) is 0 Å². The fraction of sp³-hybridized carbons (Fsp3) is 0.273. The summed E-state index contributed by atoms with van der Waals surface area (Å²) in [6.45, 7) is 0.135. The van der Waals surface area contributed by atoms with Crippen molar-refractivity contribution in [3.8, 4) is 0 Å². The highest BCUT2D eigenvalue weighted by Crippen LogP contribution is 2.14. The molecule has 0 aromatic carbocycles. The maximum absolute atomic E-state index is 13.8. The Morgan fingerprint density at radius 3 is 2.89 bits per heavy atom. The number of amides is 1. The van der Waals surface area contributed by atoms with Crippen molar-refractivity contribution < 1.29 is 9.18 Å². The molecule has 0 bridgehead atoms. The summed E-state index contributed by atoms with van der Waals surface area (Å²) in [6.07, 6.45) is 2.89. The van der Waals surface area contributed by atoms with Crippen LogP contribution in [0.3, 0.4) is 0 Å². The number of rotatable bonds is 4. The Morgan fingerprint density at radius 2 is 2.26 bits per heavy atom. The van der Waals surface area contributed by atoms with Gasteiger partial charge in [-0.2, -0.15) is 5.10 Å². The Bertz CT molecular complexity index is 597. The first-order valence-electron chi connectivity index (χ1n) is 5.56. The highest BCUT2D eigenvalue weighted by atomic mass is 19.1. The van der Waals surface area contributed by atoms with E-state index in [-0.39, 0.29) is 17.9 Å². The van der Waals surface area contributed by atoms with Gasteiger partial charge in [-0.1, -0.05) is 0 Å². The van der Waals surface area contributed by atoms with E-state index in [0.717, 1.165) is 0 Å². The second kappa shape index (κ2) is 5.42. The maximum Gasteiger partial charge on any atom is 0.254 e. The second-order valence-corrected chi connectivity index (χ2v) is 3.79. The molecule has 2 N–H and O–H groups in total. The summed E-state index contributed by atoms with van der Waals surface area (Å²) in [6, 6.07) is 1.32. The van der Waals surface area contributed by atoms with Crippen LogP contribution < -0.4 is 10.6 Å². The number of aryl methyl sites for hydroxylation is 1. The van der Waals surface area contributed by atoms with Crippen molar-refractivity contribution in [3.05, 3.63) is 35.8 Å². The van der Waals surface area contributed by atoms with E-state index in [2.05, 4.69) is 25.7 Å². The molecule has 19 heavy (non-hydrogen) atoms. The smallest absolute Gasteiger partial charge is 0.254 e. The van der Waals surface area contributed by atoms with Gasteiger partial charge in [-0.05, 0) is 6.07 Å². The minimum absolute atomic E-state index is 0.0311. The molecule has 8 heteroatoms. The Morgan fingerprint density at radius 1 is 1.47 bits per heavy atom. The van der Waals surface area contributed by atoms with E-state index in [1.807, 2.05) is 0 Å². The molecule has 100 valence electrons. The molecule has 0 atom stereocenters. The average Bonchev–Trinajstić information content (AvgIpc) is 2.82. The van der Waals surface area contributed by atoms with Gasteiger partial charge in [0, 0.05) is 20.3 Å². The summed E-state index contributed by atoms with van der Waals surface area (Å²) in [4.78, 5) is 19.6. The molecule has 0 unspecified atom stereocenters. The second-order valence-electron chi connectivity index (χ2n) is 3.79. The first kappa shape index (κ1) is 12.9. The Kier molecular flexibility index (Phi) is 3.69. The molecular formula is C11H13FN6O. The number of pyridine rings is 1. The van der Waals surface area contributed by atoms with E-state index in [4.69, 9.17) is 0 Å². The third-order valence-electron chi connectivity index (χ3n) is 2.42. The standard InChI is InChI=1S/C11H13FN6O/c1-13-10-9(12)7(3-4-14-10)11(19)15-5-8-16-6-18(2)17-8/h3-4,6H,5H2,1-2H3,(H,13,14)(H,15,19). The van der Waals surface area contributed by atoms with Crippen LogP contribution in [0, 0.1) is 5.82 Å². The van der Waals surface area contributed by atoms with Crippen LogP contribution in [0.4, 0.5) is 10.2 Å². The summed E-state index contributed by atoms with van der Waals surface area (Å²) in [5.41, 5.74) is -0.0738. The third-order valence-corrected chi connectivity index (χ3v) is 2.42. The summed E-state index contributed by atoms with van der Waals surface area (Å²) >= 11 is 0. The number of halogens is 1. The fourth-order valence-corrected chi connectivity index (χ4v) is 1.51. The number of aromatic nitrogens is 4. The highest BCUT2D eigenvalue weighted by Gasteiger charge is 2.15. The lowest BCUT2D eigenvalue weighted by Gasteiger charge is -2.06. The van der Waals surface area contributed by atoms with Gasteiger partial charge in [0.15, 0.2) is 17.5 Å². The zero-order chi connectivity index (χ0) is 13.8. The molecule has 7 nitrogen and oxygen atoms in total. The highest BCUT2D eigenvalue weighted by molar-refractivity contribution is 5.95. The summed E-state index contributed by atoms with van der Waals surface area (Å²) < 4.78 is 15.4. The number of carbonyl (C=O) groups excluding carboxylic acids is 1. The lowest BCUT2D eigenvalue weighted by Crippen LogP contribution is -2.25. The van der Waals surface area contributed by atoms with Crippen LogP contribution in [0.2, 0.25) is 0 Å². The Balaban J connectivity index is 2.08. The molecule has 2 aromatic rings. The van der Waals surface area contributed by atoms with Crippen molar-refractivity contribution >= 4 is 11.7 Å². The van der Waals surface area contributed by atoms with Gasteiger partial charge in [-0.25, -0.2) is 14.4 Å². The largest absolute Gasteiger partial charge is 0.371 e. The van der Waals surface area contributed by atoms with Crippen LogP contribution in [0.1, 0.15) is 16.2 Å². The molecular weight excluding hydrogens is 251 g/mol. The van der Waals surface area contributed by atoms with E-state index in [1.165, 1.54) is 30.3 Å². The van der Waals surface area contributed by atoms with E-state index >= 15 is 0 Å². The zero-order valence-corrected chi connectivity index (χ0v) is 10.5. The Hall–Kier alpha value is -2.51. The molecule has 0 spiro atoms. The molecule has 2 rings (SSSR count). The van der Waals surface area contributed by atoms with Gasteiger partial charge < -0.3 is 10.6 Å². The SMILES string of the molecule is CNc1nccc(C(=O)NCc2ncn(C)n2)c1F. The van der Waals surface area contributed by atoms with Gasteiger partial charge in [0.2, 0.25) is 0 Å². The van der Waals surface area contributed by atoms with E-state index in [1.54, 1.807) is 7.05 Å². The first-order chi connectivity index (χ1) is 9.11. The van der Waals surface area contributed by atoms with E-state index in [9.17, 15) is 9.18 Å². The van der Waals surface area contributed by atoms with E-state index in [0.29, 0.717) is 5.82 Å². The number of carbonyl (C=O) groups is 1. The number of nitrogens with zero attached hydrogens (tertiary/aromatic N) is 4. The van der Waals surface area contributed by atoms with Crippen molar-refractivity contribution in [1.82, 2.24) is 25.1 Å². The molecule has 1 amide bonds. The van der Waals surface area contributed by atoms with Gasteiger partial charge >= 0.3 is 0 Å². The normalized spacial score (nSPS) is 10.3. The lowest BCUT2D eigenvalue weighted by molar-refractivity contribution is 0.0945. The molecule has 0 aliphatic carbocycles. The molecule has 2 aromatic heterocycles. The third kappa shape index (κ3) is 2.84. The molecule has 0 aliphatic rings. The summed E-state index contributed by atoms with van der Waals surface area (Å²) in [7, 11) is 3.25. The van der Waals surface area contributed by atoms with Gasteiger partial charge in [-0.3, -0.25) is 9.48 Å². The predicted octanol–water partition coefficient (Wildman–Crippen LogP) is 0.321. The number of hydrogen-bond acceptors (Lipinski definition) is 5. The predicted molar refractivity (Wildman–Crippen MR) is 65.9 cm³/mol. The number of hydrogen-bond donors (Lipinski definition) is 2. The fourth-order valence-electron chi connectivity index (χ4n) is 1.51. The van der Waals surface area contributed by atoms with Crippen molar-refractivity contribution in [2.45, 2.75) is 6.54 Å². The van der Waals surface area contributed by atoms with Crippen molar-refractivity contribution in [2.75, 3.05) is 12.4 Å². The number of nitrogens with one attached hydrogen (secondary N) is 2. The van der Waals surface area contributed by atoms with Gasteiger partial charge in [0.05, 0.1) is 12.1 Å². The first-order valence-corrected chi connectivity index (χ1v) is 5.56. The topological polar surface area (TPSA) is 84.7 Å². The zero-order valence-electron chi connectivity index (χ0n) is 10.5. The maximum atomic E-state index is 13.8. The molecule has 0 aliphatic heterocycles. The summed E-state index contributed by atoms with van der Waals surface area (Å²) in [5, 5.41) is 9.13. The van der Waals surface area contributed by atoms with Gasteiger partial charge in [0.1, 0.15) is 6.33 Å². The van der Waals surface area contributed by atoms with Gasteiger partial charge in [-0.15, -0.1) is 0 Å². The molecule has 2 heterocycles. The van der Waals surface area contributed by atoms with Crippen molar-refractivity contribution in [1.29, 1.82) is 0 Å². The average molecular weight is 264 g/mol. The molecule has 0 saturated heterocycles. The minimum Gasteiger partial charge on any atom is -0.371 e. The van der Waals surface area contributed by atoms with Crippen molar-refractivity contribution in [3.63, 3.8) is 0 Å². The van der Waals surface area contributed by atoms with Crippen LogP contribution in [-0.2, 0) is 13.6 Å². The molecule has 0 saturated carbocycles. The monoisotopic (exact) mass is 264 g/mol.